The van der Waals surface area contributed by atoms with Gasteiger partial charge in [0.1, 0.15) is 39.7 Å². The van der Waals surface area contributed by atoms with Gasteiger partial charge in [0.2, 0.25) is 10.7 Å². The fraction of sp³-hybridized carbons (Fsp3) is 0.104. The highest BCUT2D eigenvalue weighted by Crippen LogP contribution is 2.62. The molecule has 0 aromatic heterocycles. The third-order valence-electron chi connectivity index (χ3n) is 10.8. The van der Waals surface area contributed by atoms with Gasteiger partial charge in [0.15, 0.2) is 5.60 Å². The number of ether oxygens (including phenoxy) is 2. The third kappa shape index (κ3) is 8.05. The quantitative estimate of drug-likeness (QED) is 0.0651. The van der Waals surface area contributed by atoms with E-state index in [2.05, 4.69) is 119 Å². The van der Waals surface area contributed by atoms with Gasteiger partial charge in [0, 0.05) is 61.3 Å². The van der Waals surface area contributed by atoms with Crippen LogP contribution in [0.4, 0.5) is 11.4 Å². The number of fused-ring (bicyclic) bond motifs is 10. The first-order valence-corrected chi connectivity index (χ1v) is 24.4. The fourth-order valence-corrected chi connectivity index (χ4v) is 12.1. The molecule has 0 bridgehead atoms. The molecule has 4 N–H and O–H groups in total. The van der Waals surface area contributed by atoms with E-state index in [1.807, 2.05) is 64.6 Å². The van der Waals surface area contributed by atoms with Gasteiger partial charge in [-0.25, -0.2) is 23.9 Å². The summed E-state index contributed by atoms with van der Waals surface area (Å²) in [6, 6.07) is 34.5. The van der Waals surface area contributed by atoms with Crippen LogP contribution in [0.25, 0.3) is 41.6 Å². The molecule has 1 spiro atoms. The van der Waals surface area contributed by atoms with E-state index >= 15 is 0 Å². The number of hydrogen-bond donors (Lipinski definition) is 2. The van der Waals surface area contributed by atoms with Crippen LogP contribution >= 0.6 is 86.4 Å². The van der Waals surface area contributed by atoms with Crippen molar-refractivity contribution in [2.45, 2.75) is 5.60 Å². The second-order valence-corrected chi connectivity index (χ2v) is 20.9. The average molecular weight is 1160 g/mol. The lowest BCUT2D eigenvalue weighted by Gasteiger charge is -2.39. The number of esters is 1. The second kappa shape index (κ2) is 17.4. The van der Waals surface area contributed by atoms with Gasteiger partial charge in [-0.1, -0.05) is 61.6 Å². The first-order chi connectivity index (χ1) is 31.0. The first kappa shape index (κ1) is 44.8. The lowest BCUT2D eigenvalue weighted by atomic mass is 9.77. The first-order valence-electron chi connectivity index (χ1n) is 19.6. The van der Waals surface area contributed by atoms with Crippen LogP contribution in [0.2, 0.25) is 0 Å². The number of nitrogens with zero attached hydrogens (tertiary/aromatic N) is 4. The molecule has 0 saturated heterocycles. The van der Waals surface area contributed by atoms with Crippen LogP contribution in [0.15, 0.2) is 127 Å². The molecule has 326 valence electrons. The van der Waals surface area contributed by atoms with E-state index in [4.69, 9.17) is 20.9 Å². The number of anilines is 2. The zero-order valence-electron chi connectivity index (χ0n) is 34.7. The van der Waals surface area contributed by atoms with Crippen molar-refractivity contribution in [3.05, 3.63) is 160 Å². The molecule has 11 nitrogen and oxygen atoms in total. The molecule has 5 aromatic carbocycles. The maximum atomic E-state index is 12.8. The van der Waals surface area contributed by atoms with E-state index in [1.165, 1.54) is 20.5 Å². The smallest absolute Gasteiger partial charge is 0.340 e. The van der Waals surface area contributed by atoms with Crippen molar-refractivity contribution in [3.63, 3.8) is 0 Å². The summed E-state index contributed by atoms with van der Waals surface area (Å²) in [5, 5.41) is 27.4. The van der Waals surface area contributed by atoms with Crippen LogP contribution in [0.1, 0.15) is 27.0 Å². The summed E-state index contributed by atoms with van der Waals surface area (Å²) in [6.07, 6.45) is 0. The van der Waals surface area contributed by atoms with Crippen LogP contribution in [0.5, 0.6) is 23.0 Å². The standard InChI is InChI=1S/C20H8Br4O5.2C14H13N3S/c21-11-5-9-17(13(23)15(11)25)28-18-10(6-12(22)16(26)14(18)24)20(9)8-4-2-1-3-7(8)19(27)29-20;2*1-17(2)10-4-6-12-14(8-10)18-13-7-9(15)3-5-11(13)16-12/h1-6,25-26H;2*3-8,15H,1-2H3. The lowest BCUT2D eigenvalue weighted by molar-refractivity contribution is -0.271. The number of halogens is 4. The van der Waals surface area contributed by atoms with E-state index in [-0.39, 0.29) is 40.9 Å². The predicted molar refractivity (Wildman–Crippen MR) is 270 cm³/mol. The molecular weight excluding hydrogens is 1120 g/mol. The van der Waals surface area contributed by atoms with Crippen molar-refractivity contribution in [1.82, 2.24) is 19.1 Å². The maximum absolute atomic E-state index is 12.8. The largest absolute Gasteiger partial charge is 0.871 e. The fourth-order valence-electron chi connectivity index (χ4n) is 7.57. The van der Waals surface area contributed by atoms with E-state index in [0.717, 1.165) is 43.2 Å². The molecule has 0 radical (unpaired) electrons. The molecule has 2 aliphatic carbocycles. The minimum atomic E-state index is -1.38. The molecule has 4 heterocycles. The number of carbonyl (C=O) groups is 1. The summed E-state index contributed by atoms with van der Waals surface area (Å²) in [7, 11) is 8.16. The van der Waals surface area contributed by atoms with Crippen molar-refractivity contribution in [2.75, 3.05) is 39.7 Å². The van der Waals surface area contributed by atoms with Gasteiger partial charge in [-0.2, -0.15) is 0 Å². The molecule has 6 aliphatic rings. The highest BCUT2D eigenvalue weighted by atomic mass is 79.9. The van der Waals surface area contributed by atoms with Gasteiger partial charge < -0.3 is 31.2 Å². The maximum Gasteiger partial charge on any atom is 0.340 e. The average Bonchev–Trinajstić information content (AvgIpc) is 3.58. The van der Waals surface area contributed by atoms with Gasteiger partial charge >= 0.3 is 5.97 Å². The van der Waals surface area contributed by atoms with Crippen molar-refractivity contribution < 1.29 is 24.5 Å². The Morgan fingerprint density at radius 2 is 1.06 bits per heavy atom. The van der Waals surface area contributed by atoms with E-state index in [9.17, 15) is 15.0 Å². The molecule has 0 saturated carbocycles. The Bertz CT molecular complexity index is 3340. The lowest BCUT2D eigenvalue weighted by Crippen LogP contribution is -2.33. The van der Waals surface area contributed by atoms with Gasteiger partial charge in [-0.3, -0.25) is 0 Å². The minimum Gasteiger partial charge on any atom is -0.871 e. The second-order valence-electron chi connectivity index (χ2n) is 15.4. The van der Waals surface area contributed by atoms with Gasteiger partial charge in [-0.05, 0) is 98.6 Å². The van der Waals surface area contributed by atoms with Crippen molar-refractivity contribution in [2.24, 2.45) is 0 Å². The van der Waals surface area contributed by atoms with Gasteiger partial charge in [0.25, 0.3) is 0 Å². The predicted octanol–water partition coefficient (Wildman–Crippen LogP) is 9.48. The number of aromatic nitrogens is 2. The minimum absolute atomic E-state index is 0.162. The van der Waals surface area contributed by atoms with Gasteiger partial charge in [0.05, 0.1) is 56.1 Å². The Morgan fingerprint density at radius 3 is 1.52 bits per heavy atom. The molecule has 4 aliphatic heterocycles. The number of hydrogen-bond acceptors (Lipinski definition) is 11. The zero-order chi connectivity index (χ0) is 46.1. The molecule has 17 heteroatoms. The van der Waals surface area contributed by atoms with Crippen LogP contribution in [0, 0.1) is 0 Å². The summed E-state index contributed by atoms with van der Waals surface area (Å²) in [5.74, 6) is -0.766. The summed E-state index contributed by atoms with van der Waals surface area (Å²) < 4.78 is 19.4. The molecule has 0 unspecified atom stereocenters. The van der Waals surface area contributed by atoms with Crippen molar-refractivity contribution >= 4 is 124 Å². The van der Waals surface area contributed by atoms with Crippen LogP contribution in [0.3, 0.4) is 0 Å². The highest BCUT2D eigenvalue weighted by Gasteiger charge is 2.54. The molecule has 0 amide bonds. The molecule has 5 aromatic rings. The SMILES string of the molecule is C[N+](C)=c1ccc2nc3ccc(N)cc3sc-2c1.C[N+](C)=c1ccc2nc3ccc(N)cc3sc-2c1.O=C1OC2(c3ccccc31)c1cc(Br)c([O-])c(Br)c1Oc1c2cc(Br)c([O-])c1Br. The molecule has 11 rings (SSSR count). The third-order valence-corrected chi connectivity index (χ3v) is 15.6. The van der Waals surface area contributed by atoms with Crippen LogP contribution < -0.4 is 46.3 Å². The highest BCUT2D eigenvalue weighted by molar-refractivity contribution is 9.11. The Labute approximate surface area is 413 Å². The zero-order valence-corrected chi connectivity index (χ0v) is 42.7. The Kier molecular flexibility index (Phi) is 12.0. The Balaban J connectivity index is 0.000000129. The molecular formula is C48H34Br4N6O5S2. The number of benzene rings is 7. The number of rotatable bonds is 0. The van der Waals surface area contributed by atoms with E-state index in [1.54, 1.807) is 59.1 Å². The number of nitrogen functional groups attached to an aromatic ring is 2. The normalized spacial score (nSPS) is 13.0. The summed E-state index contributed by atoms with van der Waals surface area (Å²) in [6.45, 7) is 0. The van der Waals surface area contributed by atoms with E-state index in [0.29, 0.717) is 22.3 Å². The molecule has 0 atom stereocenters. The summed E-state index contributed by atoms with van der Waals surface area (Å²) in [4.78, 5) is 24.5. The summed E-state index contributed by atoms with van der Waals surface area (Å²) >= 11 is 16.6. The monoisotopic (exact) mass is 1150 g/mol. The van der Waals surface area contributed by atoms with Crippen LogP contribution in [-0.4, -0.2) is 44.1 Å². The Morgan fingerprint density at radius 1 is 0.600 bits per heavy atom. The summed E-state index contributed by atoms with van der Waals surface area (Å²) in [5.41, 5.74) is 17.8. The topological polar surface area (TPSA) is 165 Å². The Hall–Kier alpha value is -5.43. The van der Waals surface area contributed by atoms with E-state index < -0.39 is 11.6 Å². The van der Waals surface area contributed by atoms with Gasteiger partial charge in [-0.15, -0.1) is 22.7 Å². The molecule has 65 heavy (non-hydrogen) atoms. The number of carbonyl (C=O) groups excluding carboxylic acids is 1. The van der Waals surface area contributed by atoms with Crippen molar-refractivity contribution in [1.29, 1.82) is 0 Å². The van der Waals surface area contributed by atoms with Crippen molar-refractivity contribution in [3.8, 4) is 44.1 Å². The molecule has 0 fully saturated rings. The van der Waals surface area contributed by atoms with Crippen LogP contribution in [-0.2, 0) is 10.3 Å². The number of nitrogens with two attached hydrogens (primary N) is 2.